The summed E-state index contributed by atoms with van der Waals surface area (Å²) in [6, 6.07) is 9.58. The van der Waals surface area contributed by atoms with Crippen LogP contribution in [0.3, 0.4) is 0 Å². The van der Waals surface area contributed by atoms with Crippen molar-refractivity contribution < 1.29 is 27.5 Å². The second kappa shape index (κ2) is 7.42. The van der Waals surface area contributed by atoms with Crippen LogP contribution >= 0.6 is 0 Å². The molecule has 2 amide bonds. The molecule has 1 aliphatic heterocycles. The molecule has 3 rings (SSSR count). The average molecular weight is 406 g/mol. The van der Waals surface area contributed by atoms with Crippen LogP contribution in [-0.4, -0.2) is 25.0 Å². The lowest BCUT2D eigenvalue weighted by Crippen LogP contribution is -2.43. The molecular formula is C21H21F3N2O3. The second-order valence-electron chi connectivity index (χ2n) is 7.82. The van der Waals surface area contributed by atoms with Crippen LogP contribution in [0.1, 0.15) is 31.9 Å². The van der Waals surface area contributed by atoms with Gasteiger partial charge in [0.05, 0.1) is 11.3 Å². The Hall–Kier alpha value is -3.03. The molecule has 8 heteroatoms. The Balaban J connectivity index is 1.74. The highest BCUT2D eigenvalue weighted by atomic mass is 19.4. The highest BCUT2D eigenvalue weighted by Crippen LogP contribution is 2.36. The van der Waals surface area contributed by atoms with Gasteiger partial charge in [0.1, 0.15) is 12.3 Å². The van der Waals surface area contributed by atoms with Crippen molar-refractivity contribution >= 4 is 23.2 Å². The number of carbonyl (C=O) groups is 2. The lowest BCUT2D eigenvalue weighted by molar-refractivity contribution is -0.137. The molecule has 0 fully saturated rings. The highest BCUT2D eigenvalue weighted by molar-refractivity contribution is 6.05. The summed E-state index contributed by atoms with van der Waals surface area (Å²) in [4.78, 5) is 26.0. The van der Waals surface area contributed by atoms with Crippen molar-refractivity contribution in [3.63, 3.8) is 0 Å². The van der Waals surface area contributed by atoms with Crippen molar-refractivity contribution in [2.24, 2.45) is 0 Å². The molecular weight excluding hydrogens is 385 g/mol. The third-order valence-electron chi connectivity index (χ3n) is 4.57. The Morgan fingerprint density at radius 2 is 1.69 bits per heavy atom. The molecule has 1 aliphatic rings. The lowest BCUT2D eigenvalue weighted by atomic mass is 9.86. The number of amides is 2. The van der Waals surface area contributed by atoms with E-state index in [-0.39, 0.29) is 30.2 Å². The smallest absolute Gasteiger partial charge is 0.416 e. The van der Waals surface area contributed by atoms with Crippen molar-refractivity contribution in [3.05, 3.63) is 53.6 Å². The van der Waals surface area contributed by atoms with Gasteiger partial charge in [-0.2, -0.15) is 13.2 Å². The molecule has 0 aromatic heterocycles. The summed E-state index contributed by atoms with van der Waals surface area (Å²) in [6.07, 6.45) is -4.45. The molecule has 29 heavy (non-hydrogen) atoms. The molecule has 5 nitrogen and oxygen atoms in total. The third kappa shape index (κ3) is 4.70. The monoisotopic (exact) mass is 406 g/mol. The minimum absolute atomic E-state index is 0.107. The van der Waals surface area contributed by atoms with Crippen LogP contribution in [0.25, 0.3) is 0 Å². The molecule has 0 radical (unpaired) electrons. The number of nitrogens with one attached hydrogen (secondary N) is 1. The lowest BCUT2D eigenvalue weighted by Gasteiger charge is -2.30. The topological polar surface area (TPSA) is 58.6 Å². The van der Waals surface area contributed by atoms with Gasteiger partial charge < -0.3 is 10.1 Å². The predicted octanol–water partition coefficient (Wildman–Crippen LogP) is 4.37. The van der Waals surface area contributed by atoms with E-state index in [0.717, 1.165) is 17.7 Å². The summed E-state index contributed by atoms with van der Waals surface area (Å²) in [5.74, 6) is -0.381. The average Bonchev–Trinajstić information content (AvgIpc) is 2.62. The molecule has 0 saturated carbocycles. The van der Waals surface area contributed by atoms with Crippen molar-refractivity contribution in [3.8, 4) is 5.75 Å². The number of hydrogen-bond donors (Lipinski definition) is 1. The van der Waals surface area contributed by atoms with E-state index in [9.17, 15) is 22.8 Å². The van der Waals surface area contributed by atoms with Gasteiger partial charge in [-0.1, -0.05) is 26.8 Å². The number of hydrogen-bond acceptors (Lipinski definition) is 3. The number of alkyl halides is 3. The zero-order valence-electron chi connectivity index (χ0n) is 16.3. The van der Waals surface area contributed by atoms with Gasteiger partial charge in [0, 0.05) is 5.69 Å². The third-order valence-corrected chi connectivity index (χ3v) is 4.57. The van der Waals surface area contributed by atoms with Gasteiger partial charge in [-0.05, 0) is 47.4 Å². The van der Waals surface area contributed by atoms with Crippen molar-refractivity contribution in [1.82, 2.24) is 0 Å². The number of ether oxygens (including phenoxy) is 1. The summed E-state index contributed by atoms with van der Waals surface area (Å²) in [6.45, 7) is 5.70. The number of halogens is 3. The fourth-order valence-corrected chi connectivity index (χ4v) is 2.93. The van der Waals surface area contributed by atoms with E-state index in [2.05, 4.69) is 26.1 Å². The first-order chi connectivity index (χ1) is 13.4. The summed E-state index contributed by atoms with van der Waals surface area (Å²) in [5.41, 5.74) is 0.816. The van der Waals surface area contributed by atoms with Crippen LogP contribution in [0.5, 0.6) is 5.75 Å². The first-order valence-corrected chi connectivity index (χ1v) is 9.00. The Morgan fingerprint density at radius 1 is 1.07 bits per heavy atom. The number of nitrogens with zero attached hydrogens (tertiary/aromatic N) is 1. The SMILES string of the molecule is CC(C)(C)c1ccc2c(c1)OCC(=O)N2CC(=O)Nc1ccc(C(F)(F)F)cc1. The summed E-state index contributed by atoms with van der Waals surface area (Å²) < 4.78 is 43.4. The van der Waals surface area contributed by atoms with E-state index in [0.29, 0.717) is 11.4 Å². The van der Waals surface area contributed by atoms with Crippen LogP contribution in [0.2, 0.25) is 0 Å². The van der Waals surface area contributed by atoms with Crippen LogP contribution in [0, 0.1) is 0 Å². The Labute approximate surface area is 166 Å². The maximum Gasteiger partial charge on any atom is 0.416 e. The molecule has 0 unspecified atom stereocenters. The van der Waals surface area contributed by atoms with Gasteiger partial charge >= 0.3 is 6.18 Å². The fraction of sp³-hybridized carbons (Fsp3) is 0.333. The first kappa shape index (κ1) is 20.7. The van der Waals surface area contributed by atoms with E-state index >= 15 is 0 Å². The van der Waals surface area contributed by atoms with Crippen LogP contribution in [0.4, 0.5) is 24.5 Å². The largest absolute Gasteiger partial charge is 0.482 e. The standard InChI is InChI=1S/C21H21F3N2O3/c1-20(2,3)14-6-9-16-17(10-14)29-12-19(28)26(16)11-18(27)25-15-7-4-13(5-8-15)21(22,23)24/h4-10H,11-12H2,1-3H3,(H,25,27). The van der Waals surface area contributed by atoms with E-state index < -0.39 is 17.6 Å². The zero-order valence-corrected chi connectivity index (χ0v) is 16.3. The van der Waals surface area contributed by atoms with E-state index in [1.165, 1.54) is 17.0 Å². The number of fused-ring (bicyclic) bond motifs is 1. The van der Waals surface area contributed by atoms with Gasteiger partial charge in [-0.15, -0.1) is 0 Å². The van der Waals surface area contributed by atoms with E-state index in [1.807, 2.05) is 12.1 Å². The molecule has 0 bridgehead atoms. The Bertz CT molecular complexity index is 932. The quantitative estimate of drug-likeness (QED) is 0.824. The molecule has 1 N–H and O–H groups in total. The maximum atomic E-state index is 12.6. The summed E-state index contributed by atoms with van der Waals surface area (Å²) in [7, 11) is 0. The number of anilines is 2. The van der Waals surface area contributed by atoms with Gasteiger partial charge in [0.15, 0.2) is 6.61 Å². The second-order valence-corrected chi connectivity index (χ2v) is 7.82. The molecule has 0 saturated heterocycles. The van der Waals surface area contributed by atoms with Crippen molar-refractivity contribution in [1.29, 1.82) is 0 Å². The van der Waals surface area contributed by atoms with Gasteiger partial charge in [-0.25, -0.2) is 0 Å². The summed E-state index contributed by atoms with van der Waals surface area (Å²) in [5, 5.41) is 2.51. The van der Waals surface area contributed by atoms with Crippen LogP contribution in [-0.2, 0) is 21.2 Å². The molecule has 0 spiro atoms. The fourth-order valence-electron chi connectivity index (χ4n) is 2.93. The number of rotatable bonds is 3. The van der Waals surface area contributed by atoms with Crippen molar-refractivity contribution in [2.75, 3.05) is 23.4 Å². The number of carbonyl (C=O) groups excluding carboxylic acids is 2. The van der Waals surface area contributed by atoms with Gasteiger partial charge in [0.2, 0.25) is 5.91 Å². The predicted molar refractivity (Wildman–Crippen MR) is 103 cm³/mol. The molecule has 0 atom stereocenters. The Kier molecular flexibility index (Phi) is 5.30. The highest BCUT2D eigenvalue weighted by Gasteiger charge is 2.31. The minimum atomic E-state index is -4.45. The van der Waals surface area contributed by atoms with Gasteiger partial charge in [-0.3, -0.25) is 14.5 Å². The van der Waals surface area contributed by atoms with Crippen LogP contribution < -0.4 is 15.0 Å². The molecule has 1 heterocycles. The van der Waals surface area contributed by atoms with E-state index in [4.69, 9.17) is 4.74 Å². The van der Waals surface area contributed by atoms with Crippen LogP contribution in [0.15, 0.2) is 42.5 Å². The molecule has 154 valence electrons. The van der Waals surface area contributed by atoms with E-state index in [1.54, 1.807) is 6.07 Å². The molecule has 0 aliphatic carbocycles. The zero-order chi connectivity index (χ0) is 21.4. The van der Waals surface area contributed by atoms with Crippen molar-refractivity contribution in [2.45, 2.75) is 32.4 Å². The minimum Gasteiger partial charge on any atom is -0.482 e. The Morgan fingerprint density at radius 3 is 2.28 bits per heavy atom. The number of benzene rings is 2. The molecule has 2 aromatic carbocycles. The van der Waals surface area contributed by atoms with Gasteiger partial charge in [0.25, 0.3) is 5.91 Å². The normalized spacial score (nSPS) is 14.3. The summed E-state index contributed by atoms with van der Waals surface area (Å²) >= 11 is 0. The molecule has 2 aromatic rings. The maximum absolute atomic E-state index is 12.6. The first-order valence-electron chi connectivity index (χ1n) is 9.00.